The molecule has 0 radical (unpaired) electrons. The van der Waals surface area contributed by atoms with Crippen molar-refractivity contribution in [2.45, 2.75) is 19.8 Å². The van der Waals surface area contributed by atoms with Crippen LogP contribution < -0.4 is 25.1 Å². The number of para-hydroxylation sites is 1. The molecule has 9 nitrogen and oxygen atoms in total. The normalized spacial score (nSPS) is 11.3. The number of hydrogen-bond donors (Lipinski definition) is 1. The van der Waals surface area contributed by atoms with E-state index in [0.717, 1.165) is 4.47 Å². The number of carbonyl (C=O) groups is 1. The summed E-state index contributed by atoms with van der Waals surface area (Å²) >= 11 is 3.40. The minimum atomic E-state index is -0.564. The quantitative estimate of drug-likeness (QED) is 0.262. The minimum Gasteiger partial charge on any atom is -0.493 e. The zero-order valence-corrected chi connectivity index (χ0v) is 23.3. The molecule has 11 heteroatoms. The lowest BCUT2D eigenvalue weighted by atomic mass is 10.2. The van der Waals surface area contributed by atoms with Gasteiger partial charge in [-0.25, -0.2) is 9.37 Å². The Hall–Kier alpha value is -4.25. The fourth-order valence-electron chi connectivity index (χ4n) is 3.78. The van der Waals surface area contributed by atoms with Crippen molar-refractivity contribution in [1.29, 1.82) is 0 Å². The summed E-state index contributed by atoms with van der Waals surface area (Å²) in [5.74, 6) is 0.0321. The second kappa shape index (κ2) is 12.1. The average molecular weight is 597 g/mol. The van der Waals surface area contributed by atoms with E-state index in [2.05, 4.69) is 31.3 Å². The Kier molecular flexibility index (Phi) is 8.60. The first kappa shape index (κ1) is 27.8. The van der Waals surface area contributed by atoms with Crippen LogP contribution in [0.4, 0.5) is 10.1 Å². The number of rotatable bonds is 9. The molecule has 202 valence electrons. The van der Waals surface area contributed by atoms with Crippen LogP contribution >= 0.6 is 15.9 Å². The lowest BCUT2D eigenvalue weighted by molar-refractivity contribution is -0.118. The van der Waals surface area contributed by atoms with Crippen LogP contribution in [0.25, 0.3) is 10.9 Å². The van der Waals surface area contributed by atoms with Crippen LogP contribution in [0.15, 0.2) is 69.0 Å². The highest BCUT2D eigenvalue weighted by Gasteiger charge is 2.17. The maximum Gasteiger partial charge on any atom is 0.282 e. The number of fused-ring (bicyclic) bond motifs is 1. The van der Waals surface area contributed by atoms with Gasteiger partial charge in [-0.15, -0.1) is 0 Å². The van der Waals surface area contributed by atoms with Crippen LogP contribution in [0.2, 0.25) is 0 Å². The lowest BCUT2D eigenvalue weighted by Crippen LogP contribution is -2.23. The Morgan fingerprint density at radius 1 is 1.13 bits per heavy atom. The summed E-state index contributed by atoms with van der Waals surface area (Å²) in [6.45, 7) is 3.44. The molecular weight excluding hydrogens is 571 g/mol. The van der Waals surface area contributed by atoms with Gasteiger partial charge in [-0.1, -0.05) is 41.9 Å². The number of nitrogens with one attached hydrogen (secondary N) is 1. The van der Waals surface area contributed by atoms with E-state index in [1.165, 1.54) is 43.3 Å². The molecule has 0 atom stereocenters. The van der Waals surface area contributed by atoms with Crippen molar-refractivity contribution in [3.63, 3.8) is 0 Å². The number of hydrogen-bond acceptors (Lipinski definition) is 7. The number of halogens is 2. The van der Waals surface area contributed by atoms with E-state index in [4.69, 9.17) is 14.2 Å². The highest BCUT2D eigenvalue weighted by molar-refractivity contribution is 9.10. The van der Waals surface area contributed by atoms with E-state index in [1.54, 1.807) is 30.3 Å². The van der Waals surface area contributed by atoms with Crippen LogP contribution in [-0.2, 0) is 4.79 Å². The van der Waals surface area contributed by atoms with E-state index in [-0.39, 0.29) is 34.4 Å². The van der Waals surface area contributed by atoms with Gasteiger partial charge in [0, 0.05) is 16.0 Å². The highest BCUT2D eigenvalue weighted by atomic mass is 79.9. The number of amides is 1. The Bertz CT molecular complexity index is 1590. The molecule has 1 amide bonds. The van der Waals surface area contributed by atoms with E-state index in [0.29, 0.717) is 22.3 Å². The number of carbonyl (C=O) groups excluding carboxylic acids is 1. The van der Waals surface area contributed by atoms with Crippen molar-refractivity contribution in [3.05, 3.63) is 86.6 Å². The van der Waals surface area contributed by atoms with Crippen molar-refractivity contribution in [2.75, 3.05) is 26.1 Å². The van der Waals surface area contributed by atoms with Gasteiger partial charge in [-0.3, -0.25) is 9.59 Å². The molecule has 0 spiro atoms. The van der Waals surface area contributed by atoms with E-state index in [9.17, 15) is 14.0 Å². The standard InChI is InChI=1S/C28H26BrFN4O5/c1-16(2)27-33-21-10-9-18(29)13-19(21)28(36)34(27)31-14-17-11-23(37-3)26(24(12-17)38-4)39-15-25(35)32-22-8-6-5-7-20(22)30/h5-14,16H,15H2,1-4H3,(H,32,35). The molecule has 4 aromatic rings. The van der Waals surface area contributed by atoms with Crippen LogP contribution in [0.3, 0.4) is 0 Å². The first-order chi connectivity index (χ1) is 18.7. The Morgan fingerprint density at radius 3 is 2.46 bits per heavy atom. The predicted octanol–water partition coefficient (Wildman–Crippen LogP) is 5.34. The number of ether oxygens (including phenoxy) is 3. The summed E-state index contributed by atoms with van der Waals surface area (Å²) in [6, 6.07) is 14.4. The summed E-state index contributed by atoms with van der Waals surface area (Å²) in [5, 5.41) is 7.32. The van der Waals surface area contributed by atoms with Gasteiger partial charge in [0.1, 0.15) is 11.6 Å². The molecule has 0 aliphatic heterocycles. The SMILES string of the molecule is COc1cc(C=Nn2c(C(C)C)nc3ccc(Br)cc3c2=O)cc(OC)c1OCC(=O)Nc1ccccc1F. The maximum atomic E-state index is 13.8. The summed E-state index contributed by atoms with van der Waals surface area (Å²) in [5.41, 5.74) is 0.870. The van der Waals surface area contributed by atoms with Crippen LogP contribution in [0.1, 0.15) is 31.2 Å². The van der Waals surface area contributed by atoms with E-state index in [1.807, 2.05) is 19.9 Å². The fourth-order valence-corrected chi connectivity index (χ4v) is 4.14. The van der Waals surface area contributed by atoms with Crippen LogP contribution in [0, 0.1) is 5.82 Å². The number of nitrogens with zero attached hydrogens (tertiary/aromatic N) is 3. The van der Waals surface area contributed by atoms with Crippen molar-refractivity contribution < 1.29 is 23.4 Å². The Labute approximate surface area is 232 Å². The minimum absolute atomic E-state index is 0.0446. The molecule has 0 aliphatic rings. The van der Waals surface area contributed by atoms with Gasteiger partial charge in [-0.05, 0) is 42.5 Å². The molecule has 39 heavy (non-hydrogen) atoms. The zero-order valence-electron chi connectivity index (χ0n) is 21.7. The predicted molar refractivity (Wildman–Crippen MR) is 151 cm³/mol. The molecule has 0 fully saturated rings. The second-order valence-electron chi connectivity index (χ2n) is 8.72. The number of methoxy groups -OCH3 is 2. The van der Waals surface area contributed by atoms with Crippen molar-refractivity contribution >= 4 is 44.6 Å². The molecular formula is C28H26BrFN4O5. The molecule has 3 aromatic carbocycles. The van der Waals surface area contributed by atoms with Gasteiger partial charge in [0.05, 0.1) is 37.0 Å². The number of benzene rings is 3. The topological polar surface area (TPSA) is 104 Å². The summed E-state index contributed by atoms with van der Waals surface area (Å²) in [7, 11) is 2.88. The summed E-state index contributed by atoms with van der Waals surface area (Å²) in [6.07, 6.45) is 1.48. The maximum absolute atomic E-state index is 13.8. The smallest absolute Gasteiger partial charge is 0.282 e. The first-order valence-electron chi connectivity index (χ1n) is 11.9. The average Bonchev–Trinajstić information content (AvgIpc) is 2.92. The Morgan fingerprint density at radius 2 is 1.82 bits per heavy atom. The van der Waals surface area contributed by atoms with Gasteiger partial charge in [-0.2, -0.15) is 9.78 Å². The molecule has 1 N–H and O–H groups in total. The first-order valence-corrected chi connectivity index (χ1v) is 12.7. The summed E-state index contributed by atoms with van der Waals surface area (Å²) < 4.78 is 32.5. The summed E-state index contributed by atoms with van der Waals surface area (Å²) in [4.78, 5) is 30.3. The lowest BCUT2D eigenvalue weighted by Gasteiger charge is -2.15. The third-order valence-electron chi connectivity index (χ3n) is 5.65. The van der Waals surface area contributed by atoms with Gasteiger partial charge in [0.2, 0.25) is 5.75 Å². The third kappa shape index (κ3) is 6.26. The van der Waals surface area contributed by atoms with Gasteiger partial charge < -0.3 is 19.5 Å². The number of anilines is 1. The largest absolute Gasteiger partial charge is 0.493 e. The molecule has 0 bridgehead atoms. The van der Waals surface area contributed by atoms with E-state index < -0.39 is 18.3 Å². The Balaban J connectivity index is 1.63. The highest BCUT2D eigenvalue weighted by Crippen LogP contribution is 2.38. The van der Waals surface area contributed by atoms with Crippen molar-refractivity contribution in [1.82, 2.24) is 9.66 Å². The second-order valence-corrected chi connectivity index (χ2v) is 9.63. The van der Waals surface area contributed by atoms with Crippen LogP contribution in [0.5, 0.6) is 17.2 Å². The molecule has 0 aliphatic carbocycles. The zero-order chi connectivity index (χ0) is 28.1. The van der Waals surface area contributed by atoms with Gasteiger partial charge >= 0.3 is 0 Å². The van der Waals surface area contributed by atoms with Crippen molar-refractivity contribution in [3.8, 4) is 17.2 Å². The van der Waals surface area contributed by atoms with Gasteiger partial charge in [0.25, 0.3) is 11.5 Å². The third-order valence-corrected chi connectivity index (χ3v) is 6.14. The van der Waals surface area contributed by atoms with E-state index >= 15 is 0 Å². The fraction of sp³-hybridized carbons (Fsp3) is 0.214. The molecule has 1 aromatic heterocycles. The molecule has 0 unspecified atom stereocenters. The molecule has 0 saturated carbocycles. The van der Waals surface area contributed by atoms with Crippen LogP contribution in [-0.4, -0.2) is 42.6 Å². The van der Waals surface area contributed by atoms with Gasteiger partial charge in [0.15, 0.2) is 18.1 Å². The monoisotopic (exact) mass is 596 g/mol. The van der Waals surface area contributed by atoms with Crippen molar-refractivity contribution in [2.24, 2.45) is 5.10 Å². The molecule has 0 saturated heterocycles. The molecule has 4 rings (SSSR count). The number of aromatic nitrogens is 2. The molecule has 1 heterocycles.